The normalized spacial score (nSPS) is 16.2. The number of benzene rings is 6. The zero-order valence-electron chi connectivity index (χ0n) is 27.1. The molecule has 1 N–H and O–H groups in total. The van der Waals surface area contributed by atoms with Gasteiger partial charge in [0, 0.05) is 50.1 Å². The Morgan fingerprint density at radius 1 is 0.480 bits per heavy atom. The van der Waals surface area contributed by atoms with Crippen LogP contribution in [0.15, 0.2) is 170 Å². The van der Waals surface area contributed by atoms with E-state index >= 15 is 0 Å². The largest absolute Gasteiger partial charge is 0.354 e. The lowest BCUT2D eigenvalue weighted by Gasteiger charge is -2.29. The highest BCUT2D eigenvalue weighted by Gasteiger charge is 2.39. The van der Waals surface area contributed by atoms with Crippen LogP contribution in [0.4, 0.5) is 11.4 Å². The van der Waals surface area contributed by atoms with Crippen LogP contribution < -0.4 is 4.90 Å². The zero-order chi connectivity index (χ0) is 33.0. The molecular formula is C45H31N5. The maximum absolute atomic E-state index is 5.11. The molecule has 1 aliphatic heterocycles. The molecule has 2 aliphatic rings. The van der Waals surface area contributed by atoms with Gasteiger partial charge in [-0.05, 0) is 41.0 Å². The Balaban J connectivity index is 1.12. The van der Waals surface area contributed by atoms with Crippen LogP contribution in [0.1, 0.15) is 11.5 Å². The van der Waals surface area contributed by atoms with Gasteiger partial charge in [0.25, 0.3) is 0 Å². The minimum absolute atomic E-state index is 0.154. The lowest BCUT2D eigenvalue weighted by molar-refractivity contribution is 0.745. The number of allylic oxidation sites excluding steroid dienone is 2. The molecule has 2 atom stereocenters. The molecule has 3 heterocycles. The fraction of sp³-hybridized carbons (Fsp3) is 0.0444. The molecule has 10 rings (SSSR count). The lowest BCUT2D eigenvalue weighted by atomic mass is 9.91. The highest BCUT2D eigenvalue weighted by atomic mass is 15.2. The number of hydrogen-bond donors (Lipinski definition) is 1. The summed E-state index contributed by atoms with van der Waals surface area (Å²) in [5.74, 6) is 2.19. The summed E-state index contributed by atoms with van der Waals surface area (Å²) in [6.07, 6.45) is 9.01. The summed E-state index contributed by atoms with van der Waals surface area (Å²) in [7, 11) is 0. The van der Waals surface area contributed by atoms with Gasteiger partial charge >= 0.3 is 0 Å². The van der Waals surface area contributed by atoms with Gasteiger partial charge in [0.2, 0.25) is 0 Å². The maximum Gasteiger partial charge on any atom is 0.164 e. The number of aromatic nitrogens is 4. The number of hydrogen-bond acceptors (Lipinski definition) is 4. The number of fused-ring (bicyclic) bond motifs is 7. The second-order valence-electron chi connectivity index (χ2n) is 12.9. The van der Waals surface area contributed by atoms with Crippen molar-refractivity contribution in [2.24, 2.45) is 0 Å². The van der Waals surface area contributed by atoms with Crippen molar-refractivity contribution < 1.29 is 0 Å². The van der Waals surface area contributed by atoms with Crippen molar-refractivity contribution in [1.82, 2.24) is 19.9 Å². The van der Waals surface area contributed by atoms with E-state index < -0.39 is 0 Å². The van der Waals surface area contributed by atoms with Crippen LogP contribution in [0.3, 0.4) is 0 Å². The van der Waals surface area contributed by atoms with Crippen LogP contribution in [0, 0.1) is 0 Å². The molecule has 5 nitrogen and oxygen atoms in total. The molecule has 5 heteroatoms. The van der Waals surface area contributed by atoms with Crippen molar-refractivity contribution in [3.05, 3.63) is 175 Å². The molecule has 2 unspecified atom stereocenters. The SMILES string of the molecule is C1=CC2c3ccc4[nH]c5ccccc5c4c3N(c3cccc(-c4nc(-c5ccccc5)nc(-c5ccc(-c6ccccc6)cc5)n4)c3)C2C=C1. The van der Waals surface area contributed by atoms with Crippen LogP contribution in [0.5, 0.6) is 0 Å². The summed E-state index contributed by atoms with van der Waals surface area (Å²) in [5, 5.41) is 2.49. The van der Waals surface area contributed by atoms with E-state index in [1.54, 1.807) is 0 Å². The second kappa shape index (κ2) is 11.5. The molecular weight excluding hydrogens is 611 g/mol. The minimum atomic E-state index is 0.154. The van der Waals surface area contributed by atoms with Crippen LogP contribution in [0.25, 0.3) is 67.1 Å². The molecule has 0 saturated heterocycles. The average Bonchev–Trinajstić information content (AvgIpc) is 3.74. The first-order valence-corrected chi connectivity index (χ1v) is 17.0. The summed E-state index contributed by atoms with van der Waals surface area (Å²) in [4.78, 5) is 21.3. The van der Waals surface area contributed by atoms with E-state index in [0.29, 0.717) is 17.5 Å². The monoisotopic (exact) mass is 641 g/mol. The lowest BCUT2D eigenvalue weighted by Crippen LogP contribution is -2.28. The van der Waals surface area contributed by atoms with Gasteiger partial charge in [-0.15, -0.1) is 0 Å². The summed E-state index contributed by atoms with van der Waals surface area (Å²) in [6.45, 7) is 0. The molecule has 0 bridgehead atoms. The van der Waals surface area contributed by atoms with E-state index in [-0.39, 0.29) is 12.0 Å². The van der Waals surface area contributed by atoms with Crippen molar-refractivity contribution in [3.8, 4) is 45.3 Å². The standard InChI is InChI=1S/C45H31N5/c1-3-12-29(13-4-1)30-22-24-32(25-23-30)44-47-43(31-14-5-2-6-15-31)48-45(49-44)33-16-11-17-34(28-33)50-40-21-10-8-18-35(40)36-26-27-39-41(42(36)50)37-19-7-9-20-38(37)46-39/h1-28,35,40,46H. The summed E-state index contributed by atoms with van der Waals surface area (Å²) in [6, 6.07) is 51.0. The Morgan fingerprint density at radius 3 is 1.86 bits per heavy atom. The predicted octanol–water partition coefficient (Wildman–Crippen LogP) is 10.9. The first-order chi connectivity index (χ1) is 24.8. The minimum Gasteiger partial charge on any atom is -0.354 e. The third kappa shape index (κ3) is 4.66. The molecule has 0 radical (unpaired) electrons. The number of H-pyrrole nitrogens is 1. The third-order valence-corrected chi connectivity index (χ3v) is 9.98. The van der Waals surface area contributed by atoms with E-state index in [4.69, 9.17) is 15.0 Å². The van der Waals surface area contributed by atoms with Gasteiger partial charge in [0.15, 0.2) is 17.5 Å². The second-order valence-corrected chi connectivity index (χ2v) is 12.9. The zero-order valence-corrected chi connectivity index (χ0v) is 27.1. The first-order valence-electron chi connectivity index (χ1n) is 17.0. The quantitative estimate of drug-likeness (QED) is 0.203. The van der Waals surface area contributed by atoms with Gasteiger partial charge in [-0.25, -0.2) is 15.0 Å². The topological polar surface area (TPSA) is 57.7 Å². The van der Waals surface area contributed by atoms with Crippen molar-refractivity contribution in [2.45, 2.75) is 12.0 Å². The van der Waals surface area contributed by atoms with Gasteiger partial charge in [-0.3, -0.25) is 0 Å². The number of nitrogens with one attached hydrogen (secondary N) is 1. The van der Waals surface area contributed by atoms with Crippen LogP contribution in [-0.2, 0) is 0 Å². The van der Waals surface area contributed by atoms with Crippen molar-refractivity contribution in [1.29, 1.82) is 0 Å². The molecule has 6 aromatic carbocycles. The Bertz CT molecular complexity index is 2600. The van der Waals surface area contributed by atoms with Crippen molar-refractivity contribution >= 4 is 33.2 Å². The van der Waals surface area contributed by atoms with Gasteiger partial charge < -0.3 is 9.88 Å². The van der Waals surface area contributed by atoms with Gasteiger partial charge in [0.1, 0.15) is 0 Å². The fourth-order valence-corrected chi connectivity index (χ4v) is 7.64. The molecule has 8 aromatic rings. The molecule has 0 saturated carbocycles. The molecule has 50 heavy (non-hydrogen) atoms. The number of aromatic amines is 1. The predicted molar refractivity (Wildman–Crippen MR) is 204 cm³/mol. The summed E-state index contributed by atoms with van der Waals surface area (Å²) < 4.78 is 0. The van der Waals surface area contributed by atoms with E-state index in [9.17, 15) is 0 Å². The highest BCUT2D eigenvalue weighted by molar-refractivity contribution is 6.16. The van der Waals surface area contributed by atoms with Crippen LogP contribution in [-0.4, -0.2) is 26.0 Å². The van der Waals surface area contributed by atoms with Crippen LogP contribution >= 0.6 is 0 Å². The van der Waals surface area contributed by atoms with Gasteiger partial charge in [0.05, 0.1) is 11.7 Å². The van der Waals surface area contributed by atoms with E-state index in [2.05, 4.69) is 156 Å². The molecule has 236 valence electrons. The molecule has 1 aliphatic carbocycles. The summed E-state index contributed by atoms with van der Waals surface area (Å²) >= 11 is 0. The third-order valence-electron chi connectivity index (χ3n) is 9.98. The van der Waals surface area contributed by atoms with Crippen LogP contribution in [0.2, 0.25) is 0 Å². The van der Waals surface area contributed by atoms with E-state index in [0.717, 1.165) is 39.0 Å². The van der Waals surface area contributed by atoms with Gasteiger partial charge in [-0.1, -0.05) is 146 Å². The Hall–Kier alpha value is -6.59. The highest BCUT2D eigenvalue weighted by Crippen LogP contribution is 2.52. The smallest absolute Gasteiger partial charge is 0.164 e. The number of nitrogens with zero attached hydrogens (tertiary/aromatic N) is 4. The van der Waals surface area contributed by atoms with E-state index in [1.807, 2.05) is 24.3 Å². The first kappa shape index (κ1) is 28.4. The van der Waals surface area contributed by atoms with Gasteiger partial charge in [-0.2, -0.15) is 0 Å². The Labute approximate surface area is 290 Å². The molecule has 0 fully saturated rings. The molecule has 2 aromatic heterocycles. The average molecular weight is 642 g/mol. The Kier molecular flexibility index (Phi) is 6.56. The number of anilines is 2. The van der Waals surface area contributed by atoms with Crippen molar-refractivity contribution in [2.75, 3.05) is 4.90 Å². The van der Waals surface area contributed by atoms with E-state index in [1.165, 1.54) is 27.6 Å². The molecule has 0 spiro atoms. The Morgan fingerprint density at radius 2 is 1.08 bits per heavy atom. The number of rotatable bonds is 5. The van der Waals surface area contributed by atoms with Crippen molar-refractivity contribution in [3.63, 3.8) is 0 Å². The maximum atomic E-state index is 5.11. The summed E-state index contributed by atoms with van der Waals surface area (Å²) in [5.41, 5.74) is 11.1. The number of para-hydroxylation sites is 1. The molecule has 0 amide bonds. The fourth-order valence-electron chi connectivity index (χ4n) is 7.64.